The van der Waals surface area contributed by atoms with Gasteiger partial charge in [-0.2, -0.15) is 5.10 Å². The number of hydrogen-bond donors (Lipinski definition) is 1. The van der Waals surface area contributed by atoms with Gasteiger partial charge < -0.3 is 14.5 Å². The van der Waals surface area contributed by atoms with E-state index in [0.29, 0.717) is 0 Å². The number of aromatic nitrogens is 2. The Morgan fingerprint density at radius 3 is 2.81 bits per heavy atom. The second-order valence-electron chi connectivity index (χ2n) is 4.86. The molecule has 0 aliphatic rings. The predicted molar refractivity (Wildman–Crippen MR) is 85.6 cm³/mol. The Morgan fingerprint density at radius 2 is 2.24 bits per heavy atom. The van der Waals surface area contributed by atoms with Crippen molar-refractivity contribution >= 4 is 15.9 Å². The van der Waals surface area contributed by atoms with Gasteiger partial charge in [0.2, 0.25) is 0 Å². The lowest BCUT2D eigenvalue weighted by Gasteiger charge is -2.20. The molecule has 21 heavy (non-hydrogen) atoms. The van der Waals surface area contributed by atoms with Crippen LogP contribution in [0, 0.1) is 0 Å². The molecule has 6 heteroatoms. The molecular weight excluding hydrogens is 334 g/mol. The first-order valence-electron chi connectivity index (χ1n) is 7.28. The van der Waals surface area contributed by atoms with Crippen molar-refractivity contribution in [3.05, 3.63) is 34.5 Å². The fourth-order valence-corrected chi connectivity index (χ4v) is 2.84. The van der Waals surface area contributed by atoms with Crippen LogP contribution >= 0.6 is 15.9 Å². The molecule has 0 spiro atoms. The van der Waals surface area contributed by atoms with Crippen molar-refractivity contribution in [1.82, 2.24) is 15.1 Å². The summed E-state index contributed by atoms with van der Waals surface area (Å²) >= 11 is 3.48. The molecule has 0 saturated heterocycles. The lowest BCUT2D eigenvalue weighted by molar-refractivity contribution is 0.396. The van der Waals surface area contributed by atoms with Gasteiger partial charge in [0.15, 0.2) is 10.4 Å². The van der Waals surface area contributed by atoms with Gasteiger partial charge in [-0.3, -0.25) is 4.68 Å². The Morgan fingerprint density at radius 1 is 1.43 bits per heavy atom. The van der Waals surface area contributed by atoms with Gasteiger partial charge in [-0.25, -0.2) is 0 Å². The standard InChI is InChI=1S/C15H22BrN3O2/c1-4-7-17-13(11-6-9-21-15(11)16)14-12(20-3)10-18-19(14)8-5-2/h6,9-10,13,17H,4-5,7-8H2,1-3H3. The summed E-state index contributed by atoms with van der Waals surface area (Å²) in [6.45, 7) is 6.05. The summed E-state index contributed by atoms with van der Waals surface area (Å²) in [5, 5.41) is 8.01. The van der Waals surface area contributed by atoms with E-state index in [1.165, 1.54) is 0 Å². The lowest BCUT2D eigenvalue weighted by Crippen LogP contribution is -2.26. The van der Waals surface area contributed by atoms with Gasteiger partial charge in [0.1, 0.15) is 5.69 Å². The van der Waals surface area contributed by atoms with Gasteiger partial charge in [-0.1, -0.05) is 13.8 Å². The van der Waals surface area contributed by atoms with Crippen molar-refractivity contribution in [1.29, 1.82) is 0 Å². The summed E-state index contributed by atoms with van der Waals surface area (Å²) < 4.78 is 13.6. The summed E-state index contributed by atoms with van der Waals surface area (Å²) in [5.41, 5.74) is 2.09. The molecule has 2 heterocycles. The van der Waals surface area contributed by atoms with Gasteiger partial charge in [0.25, 0.3) is 0 Å². The normalized spacial score (nSPS) is 12.6. The van der Waals surface area contributed by atoms with E-state index in [2.05, 4.69) is 40.2 Å². The van der Waals surface area contributed by atoms with Crippen LogP contribution in [0.2, 0.25) is 0 Å². The first-order valence-corrected chi connectivity index (χ1v) is 8.08. The van der Waals surface area contributed by atoms with E-state index >= 15 is 0 Å². The van der Waals surface area contributed by atoms with Crippen LogP contribution in [0.5, 0.6) is 5.75 Å². The number of rotatable bonds is 8. The van der Waals surface area contributed by atoms with E-state index in [1.807, 2.05) is 10.7 Å². The smallest absolute Gasteiger partial charge is 0.174 e. The zero-order valence-electron chi connectivity index (χ0n) is 12.7. The first kappa shape index (κ1) is 16.1. The Labute approximate surface area is 133 Å². The molecule has 2 aromatic heterocycles. The molecule has 0 aromatic carbocycles. The highest BCUT2D eigenvalue weighted by molar-refractivity contribution is 9.10. The Bertz CT molecular complexity index is 565. The number of furan rings is 1. The minimum atomic E-state index is -0.0120. The summed E-state index contributed by atoms with van der Waals surface area (Å²) in [6.07, 6.45) is 5.54. The number of nitrogens with one attached hydrogen (secondary N) is 1. The molecule has 2 aromatic rings. The maximum atomic E-state index is 5.50. The molecule has 5 nitrogen and oxygen atoms in total. The average Bonchev–Trinajstić information content (AvgIpc) is 3.08. The fraction of sp³-hybridized carbons (Fsp3) is 0.533. The average molecular weight is 356 g/mol. The van der Waals surface area contributed by atoms with Crippen molar-refractivity contribution in [2.45, 2.75) is 39.3 Å². The van der Waals surface area contributed by atoms with Crippen LogP contribution in [0.1, 0.15) is 44.0 Å². The van der Waals surface area contributed by atoms with E-state index in [4.69, 9.17) is 9.15 Å². The zero-order chi connectivity index (χ0) is 15.2. The van der Waals surface area contributed by atoms with Crippen LogP contribution < -0.4 is 10.1 Å². The second-order valence-corrected chi connectivity index (χ2v) is 5.58. The summed E-state index contributed by atoms with van der Waals surface area (Å²) in [7, 11) is 1.68. The molecule has 0 fully saturated rings. The fourth-order valence-electron chi connectivity index (χ4n) is 2.37. The van der Waals surface area contributed by atoms with Crippen molar-refractivity contribution < 1.29 is 9.15 Å². The van der Waals surface area contributed by atoms with E-state index < -0.39 is 0 Å². The van der Waals surface area contributed by atoms with Crippen LogP contribution in [0.4, 0.5) is 0 Å². The molecule has 2 rings (SSSR count). The highest BCUT2D eigenvalue weighted by Crippen LogP contribution is 2.34. The molecule has 116 valence electrons. The molecule has 0 bridgehead atoms. The Kier molecular flexibility index (Phi) is 5.87. The number of hydrogen-bond acceptors (Lipinski definition) is 4. The second kappa shape index (κ2) is 7.66. The van der Waals surface area contributed by atoms with Crippen molar-refractivity contribution in [3.63, 3.8) is 0 Å². The summed E-state index contributed by atoms with van der Waals surface area (Å²) in [6, 6.07) is 1.96. The van der Waals surface area contributed by atoms with Gasteiger partial charge in [0.05, 0.1) is 25.6 Å². The summed E-state index contributed by atoms with van der Waals surface area (Å²) in [4.78, 5) is 0. The first-order chi connectivity index (χ1) is 10.2. The maximum Gasteiger partial charge on any atom is 0.174 e. The minimum Gasteiger partial charge on any atom is -0.493 e. The van der Waals surface area contributed by atoms with E-state index in [9.17, 15) is 0 Å². The molecule has 0 aliphatic carbocycles. The van der Waals surface area contributed by atoms with Gasteiger partial charge in [0, 0.05) is 12.1 Å². The van der Waals surface area contributed by atoms with Crippen molar-refractivity contribution in [2.24, 2.45) is 0 Å². The van der Waals surface area contributed by atoms with E-state index in [-0.39, 0.29) is 6.04 Å². The number of nitrogens with zero attached hydrogens (tertiary/aromatic N) is 2. The van der Waals surface area contributed by atoms with Crippen LogP contribution in [-0.4, -0.2) is 23.4 Å². The third-order valence-corrected chi connectivity index (χ3v) is 3.97. The molecular formula is C15H22BrN3O2. The van der Waals surface area contributed by atoms with Gasteiger partial charge in [-0.05, 0) is 41.4 Å². The number of ether oxygens (including phenoxy) is 1. The molecule has 1 unspecified atom stereocenters. The summed E-state index contributed by atoms with van der Waals surface area (Å²) in [5.74, 6) is 0.796. The molecule has 0 saturated carbocycles. The quantitative estimate of drug-likeness (QED) is 0.783. The minimum absolute atomic E-state index is 0.0120. The van der Waals surface area contributed by atoms with Crippen LogP contribution in [0.15, 0.2) is 27.6 Å². The monoisotopic (exact) mass is 355 g/mol. The molecule has 0 amide bonds. The largest absolute Gasteiger partial charge is 0.493 e. The van der Waals surface area contributed by atoms with E-state index in [1.54, 1.807) is 19.6 Å². The topological polar surface area (TPSA) is 52.2 Å². The highest BCUT2D eigenvalue weighted by atomic mass is 79.9. The molecule has 0 radical (unpaired) electrons. The van der Waals surface area contributed by atoms with Crippen LogP contribution in [0.3, 0.4) is 0 Å². The molecule has 1 N–H and O–H groups in total. The zero-order valence-corrected chi connectivity index (χ0v) is 14.3. The van der Waals surface area contributed by atoms with E-state index in [0.717, 1.165) is 47.6 Å². The maximum absolute atomic E-state index is 5.50. The van der Waals surface area contributed by atoms with Crippen LogP contribution in [0.25, 0.3) is 0 Å². The molecule has 1 atom stereocenters. The van der Waals surface area contributed by atoms with Crippen molar-refractivity contribution in [2.75, 3.05) is 13.7 Å². The predicted octanol–water partition coefficient (Wildman–Crippen LogP) is 3.75. The third-order valence-electron chi connectivity index (χ3n) is 3.33. The number of halogens is 1. The van der Waals surface area contributed by atoms with Crippen LogP contribution in [-0.2, 0) is 6.54 Å². The van der Waals surface area contributed by atoms with Gasteiger partial charge >= 0.3 is 0 Å². The van der Waals surface area contributed by atoms with Gasteiger partial charge in [-0.15, -0.1) is 0 Å². The highest BCUT2D eigenvalue weighted by Gasteiger charge is 2.26. The number of aryl methyl sites for hydroxylation is 1. The molecule has 0 aliphatic heterocycles. The third kappa shape index (κ3) is 3.49. The lowest BCUT2D eigenvalue weighted by atomic mass is 10.1. The Hall–Kier alpha value is -1.27. The van der Waals surface area contributed by atoms with Crippen molar-refractivity contribution in [3.8, 4) is 5.75 Å². The SMILES string of the molecule is CCCNC(c1ccoc1Br)c1c(OC)cnn1CCC. The number of methoxy groups -OCH3 is 1. The Balaban J connectivity index is 2.45.